The quantitative estimate of drug-likeness (QED) is 0.432. The zero-order chi connectivity index (χ0) is 22.7. The third-order valence-electron chi connectivity index (χ3n) is 4.92. The Hall–Kier alpha value is -2.08. The summed E-state index contributed by atoms with van der Waals surface area (Å²) < 4.78 is 33.8. The van der Waals surface area contributed by atoms with Crippen LogP contribution in [-0.2, 0) is 14.8 Å². The molecule has 0 bridgehead atoms. The molecule has 1 fully saturated rings. The molecule has 1 aliphatic rings. The number of nitrogens with one attached hydrogen (secondary N) is 3. The highest BCUT2D eigenvalue weighted by Gasteiger charge is 2.21. The van der Waals surface area contributed by atoms with E-state index in [-0.39, 0.29) is 22.7 Å². The largest absolute Gasteiger partial charge is 0.377 e. The molecule has 1 amide bonds. The summed E-state index contributed by atoms with van der Waals surface area (Å²) in [6, 6.07) is 13.6. The molecule has 1 atom stereocenters. The van der Waals surface area contributed by atoms with Gasteiger partial charge in [-0.05, 0) is 55.4 Å². The van der Waals surface area contributed by atoms with E-state index < -0.39 is 15.9 Å². The summed E-state index contributed by atoms with van der Waals surface area (Å²) in [5.41, 5.74) is 0.538. The molecule has 2 aromatic carbocycles. The first-order valence-corrected chi connectivity index (χ1v) is 12.9. The lowest BCUT2D eigenvalue weighted by Gasteiger charge is -2.12. The summed E-state index contributed by atoms with van der Waals surface area (Å²) in [5.74, 6) is -0.411. The number of hydrogen-bond acceptors (Lipinski definition) is 6. The number of carbonyl (C=O) groups excluding carboxylic acids is 1. The van der Waals surface area contributed by atoms with Crippen LogP contribution >= 0.6 is 35.2 Å². The van der Waals surface area contributed by atoms with Gasteiger partial charge in [-0.2, -0.15) is 0 Å². The van der Waals surface area contributed by atoms with Gasteiger partial charge in [-0.3, -0.25) is 10.1 Å². The Morgan fingerprint density at radius 2 is 1.94 bits per heavy atom. The molecule has 2 heterocycles. The number of ether oxygens (including phenoxy) is 1. The standard InChI is InChI=1S/C21H20ClN3O4S3/c22-18-16-5-1-2-6-17(16)31-19(18)20(26)25-21(30)24-13-7-9-15(10-8-13)32(27,28)23-12-14-4-3-11-29-14/h1-2,5-10,14,23H,3-4,11-12H2,(H2,24,25,26,30). The predicted octanol–water partition coefficient (Wildman–Crippen LogP) is 4.14. The maximum Gasteiger partial charge on any atom is 0.269 e. The van der Waals surface area contributed by atoms with Crippen molar-refractivity contribution in [3.8, 4) is 0 Å². The molecule has 0 radical (unpaired) electrons. The molecule has 168 valence electrons. The minimum Gasteiger partial charge on any atom is -0.377 e. The lowest BCUT2D eigenvalue weighted by atomic mass is 10.2. The summed E-state index contributed by atoms with van der Waals surface area (Å²) >= 11 is 12.8. The lowest BCUT2D eigenvalue weighted by Crippen LogP contribution is -2.34. The molecule has 4 rings (SSSR count). The summed E-state index contributed by atoms with van der Waals surface area (Å²) in [7, 11) is -3.64. The van der Waals surface area contributed by atoms with E-state index >= 15 is 0 Å². The zero-order valence-electron chi connectivity index (χ0n) is 16.8. The lowest BCUT2D eigenvalue weighted by molar-refractivity contribution is 0.0982. The van der Waals surface area contributed by atoms with E-state index in [1.165, 1.54) is 23.5 Å². The van der Waals surface area contributed by atoms with E-state index in [0.717, 1.165) is 22.9 Å². The van der Waals surface area contributed by atoms with Crippen LogP contribution in [-0.4, -0.2) is 38.7 Å². The highest BCUT2D eigenvalue weighted by atomic mass is 35.5. The third-order valence-corrected chi connectivity index (χ3v) is 8.23. The normalized spacial score (nSPS) is 16.2. The van der Waals surface area contributed by atoms with E-state index in [9.17, 15) is 13.2 Å². The van der Waals surface area contributed by atoms with Gasteiger partial charge < -0.3 is 10.1 Å². The zero-order valence-corrected chi connectivity index (χ0v) is 20.0. The van der Waals surface area contributed by atoms with Crippen LogP contribution in [0.2, 0.25) is 5.02 Å². The number of halogens is 1. The smallest absolute Gasteiger partial charge is 0.269 e. The molecule has 1 aliphatic heterocycles. The monoisotopic (exact) mass is 509 g/mol. The van der Waals surface area contributed by atoms with Gasteiger partial charge in [-0.25, -0.2) is 13.1 Å². The van der Waals surface area contributed by atoms with Crippen LogP contribution in [0.5, 0.6) is 0 Å². The van der Waals surface area contributed by atoms with Crippen LogP contribution in [0.15, 0.2) is 53.4 Å². The number of hydrogen-bond donors (Lipinski definition) is 3. The Bertz CT molecular complexity index is 1250. The molecule has 1 saturated heterocycles. The second kappa shape index (κ2) is 9.82. The van der Waals surface area contributed by atoms with Gasteiger partial charge >= 0.3 is 0 Å². The highest BCUT2D eigenvalue weighted by molar-refractivity contribution is 7.89. The minimum atomic E-state index is -3.64. The Labute approximate surface area is 200 Å². The molecule has 7 nitrogen and oxygen atoms in total. The van der Waals surface area contributed by atoms with Crippen molar-refractivity contribution in [2.45, 2.75) is 23.8 Å². The number of thiocarbonyl (C=S) groups is 1. The van der Waals surface area contributed by atoms with Crippen LogP contribution in [0.25, 0.3) is 10.1 Å². The maximum absolute atomic E-state index is 12.6. The molecule has 0 saturated carbocycles. The fraction of sp³-hybridized carbons (Fsp3) is 0.238. The van der Waals surface area contributed by atoms with Gasteiger partial charge in [0.2, 0.25) is 10.0 Å². The predicted molar refractivity (Wildman–Crippen MR) is 131 cm³/mol. The van der Waals surface area contributed by atoms with Crippen molar-refractivity contribution in [2.75, 3.05) is 18.5 Å². The first-order valence-electron chi connectivity index (χ1n) is 9.84. The van der Waals surface area contributed by atoms with Gasteiger partial charge in [-0.15, -0.1) is 11.3 Å². The average molecular weight is 510 g/mol. The molecule has 32 heavy (non-hydrogen) atoms. The number of sulfonamides is 1. The number of amides is 1. The minimum absolute atomic E-state index is 0.0793. The number of rotatable bonds is 6. The van der Waals surface area contributed by atoms with Crippen LogP contribution in [0.4, 0.5) is 5.69 Å². The second-order valence-corrected chi connectivity index (χ2v) is 10.8. The summed E-state index contributed by atoms with van der Waals surface area (Å²) in [5, 5.41) is 6.76. The van der Waals surface area contributed by atoms with E-state index in [2.05, 4.69) is 15.4 Å². The van der Waals surface area contributed by atoms with Crippen molar-refractivity contribution in [1.82, 2.24) is 10.0 Å². The third kappa shape index (κ3) is 5.28. The van der Waals surface area contributed by atoms with Gasteiger partial charge in [0.25, 0.3) is 5.91 Å². The van der Waals surface area contributed by atoms with Gasteiger partial charge in [-0.1, -0.05) is 29.8 Å². The van der Waals surface area contributed by atoms with Gasteiger partial charge in [0.15, 0.2) is 5.11 Å². The van der Waals surface area contributed by atoms with Gasteiger partial charge in [0.05, 0.1) is 16.0 Å². The van der Waals surface area contributed by atoms with E-state index in [1.54, 1.807) is 12.1 Å². The number of carbonyl (C=O) groups is 1. The number of anilines is 1. The Kier molecular flexibility index (Phi) is 7.08. The molecule has 11 heteroatoms. The number of thiophene rings is 1. The Morgan fingerprint density at radius 1 is 1.19 bits per heavy atom. The molecule has 0 spiro atoms. The number of fused-ring (bicyclic) bond motifs is 1. The van der Waals surface area contributed by atoms with Crippen molar-refractivity contribution in [3.05, 3.63) is 58.4 Å². The van der Waals surface area contributed by atoms with Gasteiger partial charge in [0.1, 0.15) is 4.88 Å². The van der Waals surface area contributed by atoms with Crippen LogP contribution < -0.4 is 15.4 Å². The van der Waals surface area contributed by atoms with E-state index in [4.69, 9.17) is 28.6 Å². The van der Waals surface area contributed by atoms with Crippen LogP contribution in [0.3, 0.4) is 0 Å². The molecule has 1 aromatic heterocycles. The van der Waals surface area contributed by atoms with Crippen LogP contribution in [0.1, 0.15) is 22.5 Å². The summed E-state index contributed by atoms with van der Waals surface area (Å²) in [6.45, 7) is 0.914. The van der Waals surface area contributed by atoms with Crippen molar-refractivity contribution in [3.63, 3.8) is 0 Å². The fourth-order valence-electron chi connectivity index (χ4n) is 3.29. The van der Waals surface area contributed by atoms with E-state index in [0.29, 0.717) is 22.2 Å². The Morgan fingerprint density at radius 3 is 2.62 bits per heavy atom. The molecule has 0 aliphatic carbocycles. The van der Waals surface area contributed by atoms with Crippen molar-refractivity contribution in [1.29, 1.82) is 0 Å². The first kappa shape index (κ1) is 23.1. The SMILES string of the molecule is O=C(NC(=S)Nc1ccc(S(=O)(=O)NCC2CCCO2)cc1)c1sc2ccccc2c1Cl. The molecular weight excluding hydrogens is 490 g/mol. The Balaban J connectivity index is 1.35. The molecule has 3 aromatic rings. The number of benzene rings is 2. The molecule has 3 N–H and O–H groups in total. The maximum atomic E-state index is 12.6. The van der Waals surface area contributed by atoms with E-state index in [1.807, 2.05) is 24.3 Å². The van der Waals surface area contributed by atoms with Crippen molar-refractivity contribution in [2.24, 2.45) is 0 Å². The van der Waals surface area contributed by atoms with Gasteiger partial charge in [0, 0.05) is 28.9 Å². The topological polar surface area (TPSA) is 96.5 Å². The fourth-order valence-corrected chi connectivity index (χ4v) is 5.98. The van der Waals surface area contributed by atoms with Crippen molar-refractivity contribution >= 4 is 72.0 Å². The second-order valence-electron chi connectivity index (χ2n) is 7.16. The highest BCUT2D eigenvalue weighted by Crippen LogP contribution is 2.35. The summed E-state index contributed by atoms with van der Waals surface area (Å²) in [6.07, 6.45) is 1.71. The van der Waals surface area contributed by atoms with Crippen LogP contribution in [0, 0.1) is 0 Å². The first-order chi connectivity index (χ1) is 15.3. The molecule has 1 unspecified atom stereocenters. The molecular formula is C21H20ClN3O4S3. The average Bonchev–Trinajstić information content (AvgIpc) is 3.41. The van der Waals surface area contributed by atoms with Crippen molar-refractivity contribution < 1.29 is 17.9 Å². The summed E-state index contributed by atoms with van der Waals surface area (Å²) in [4.78, 5) is 13.1.